The van der Waals surface area contributed by atoms with Crippen LogP contribution in [0.15, 0.2) is 60.0 Å². The van der Waals surface area contributed by atoms with E-state index in [1.165, 1.54) is 0 Å². The molecule has 0 unspecified atom stereocenters. The Balaban J connectivity index is 1.59. The number of aromatic nitrogens is 2. The molecular weight excluding hydrogens is 292 g/mol. The van der Waals surface area contributed by atoms with Crippen molar-refractivity contribution in [3.8, 4) is 5.75 Å². The second-order valence-electron chi connectivity index (χ2n) is 4.93. The molecule has 2 aromatic carbocycles. The normalized spacial score (nSPS) is 11.0. The van der Waals surface area contributed by atoms with Gasteiger partial charge in [0.15, 0.2) is 0 Å². The second-order valence-corrected chi connectivity index (χ2v) is 4.93. The average molecular weight is 308 g/mol. The molecule has 0 saturated carbocycles. The molecule has 1 N–H and O–H groups in total. The smallest absolute Gasteiger partial charge is 0.260 e. The summed E-state index contributed by atoms with van der Waals surface area (Å²) in [5.41, 5.74) is 5.17. The van der Waals surface area contributed by atoms with Gasteiger partial charge in [0.2, 0.25) is 0 Å². The van der Waals surface area contributed by atoms with Crippen LogP contribution in [0.5, 0.6) is 5.75 Å². The van der Waals surface area contributed by atoms with Crippen LogP contribution in [0, 0.1) is 0 Å². The Labute approximate surface area is 133 Å². The van der Waals surface area contributed by atoms with Gasteiger partial charge in [-0.25, -0.2) is 10.4 Å². The molecule has 0 radical (unpaired) electrons. The quantitative estimate of drug-likeness (QED) is 0.580. The number of hydrazone groups is 1. The molecule has 0 bridgehead atoms. The first-order valence-corrected chi connectivity index (χ1v) is 7.12. The lowest BCUT2D eigenvalue weighted by molar-refractivity contribution is -0.121. The fourth-order valence-corrected chi connectivity index (χ4v) is 2.20. The first-order valence-electron chi connectivity index (χ1n) is 7.12. The van der Waals surface area contributed by atoms with E-state index >= 15 is 0 Å². The summed E-state index contributed by atoms with van der Waals surface area (Å²) < 4.78 is 6.87. The number of carbonyl (C=O) groups is 1. The molecule has 0 aliphatic carbocycles. The lowest BCUT2D eigenvalue weighted by Gasteiger charge is -2.03. The molecule has 116 valence electrons. The summed E-state index contributed by atoms with van der Waals surface area (Å²) in [6.45, 7) is 0.167. The third-order valence-electron chi connectivity index (χ3n) is 3.36. The SMILES string of the molecule is COc1ccc(/C=N/NC(=O)Cn2cnc3ccccc32)cc1. The Morgan fingerprint density at radius 1 is 1.26 bits per heavy atom. The Morgan fingerprint density at radius 3 is 2.83 bits per heavy atom. The van der Waals surface area contributed by atoms with Crippen molar-refractivity contribution in [3.63, 3.8) is 0 Å². The van der Waals surface area contributed by atoms with Crippen LogP contribution in [0.25, 0.3) is 11.0 Å². The van der Waals surface area contributed by atoms with Gasteiger partial charge in [0.1, 0.15) is 12.3 Å². The van der Waals surface area contributed by atoms with Gasteiger partial charge in [-0.15, -0.1) is 0 Å². The summed E-state index contributed by atoms with van der Waals surface area (Å²) >= 11 is 0. The molecule has 0 atom stereocenters. The van der Waals surface area contributed by atoms with Crippen molar-refractivity contribution in [2.24, 2.45) is 5.10 Å². The Hall–Kier alpha value is -3.15. The lowest BCUT2D eigenvalue weighted by atomic mass is 10.2. The predicted octanol–water partition coefficient (Wildman–Crippen LogP) is 2.20. The van der Waals surface area contributed by atoms with Crippen LogP contribution in [0.3, 0.4) is 0 Å². The van der Waals surface area contributed by atoms with Crippen LogP contribution in [0.4, 0.5) is 0 Å². The third kappa shape index (κ3) is 3.55. The van der Waals surface area contributed by atoms with E-state index < -0.39 is 0 Å². The molecule has 0 aliphatic heterocycles. The van der Waals surface area contributed by atoms with Crippen LogP contribution < -0.4 is 10.2 Å². The summed E-state index contributed by atoms with van der Waals surface area (Å²) in [6, 6.07) is 15.1. The molecule has 23 heavy (non-hydrogen) atoms. The van der Waals surface area contributed by atoms with Gasteiger partial charge < -0.3 is 9.30 Å². The van der Waals surface area contributed by atoms with Crippen LogP contribution in [0.2, 0.25) is 0 Å². The van der Waals surface area contributed by atoms with Gasteiger partial charge in [0.05, 0.1) is 30.7 Å². The van der Waals surface area contributed by atoms with Gasteiger partial charge >= 0.3 is 0 Å². The fourth-order valence-electron chi connectivity index (χ4n) is 2.20. The maximum atomic E-state index is 12.0. The van der Waals surface area contributed by atoms with Crippen molar-refractivity contribution in [2.75, 3.05) is 7.11 Å². The molecule has 0 spiro atoms. The number of benzene rings is 2. The van der Waals surface area contributed by atoms with E-state index in [1.807, 2.05) is 48.5 Å². The largest absolute Gasteiger partial charge is 0.497 e. The topological polar surface area (TPSA) is 68.5 Å². The number of rotatable bonds is 5. The number of imidazole rings is 1. The van der Waals surface area contributed by atoms with Gasteiger partial charge in [0.25, 0.3) is 5.91 Å². The highest BCUT2D eigenvalue weighted by atomic mass is 16.5. The highest BCUT2D eigenvalue weighted by Gasteiger charge is 2.05. The number of carbonyl (C=O) groups excluding carboxylic acids is 1. The second kappa shape index (κ2) is 6.74. The minimum atomic E-state index is -0.210. The molecule has 0 aliphatic rings. The van der Waals surface area contributed by atoms with E-state index in [-0.39, 0.29) is 12.5 Å². The van der Waals surface area contributed by atoms with E-state index in [1.54, 1.807) is 24.2 Å². The van der Waals surface area contributed by atoms with E-state index in [4.69, 9.17) is 4.74 Å². The van der Waals surface area contributed by atoms with Crippen LogP contribution >= 0.6 is 0 Å². The van der Waals surface area contributed by atoms with Gasteiger partial charge in [-0.3, -0.25) is 4.79 Å². The number of fused-ring (bicyclic) bond motifs is 1. The van der Waals surface area contributed by atoms with Crippen molar-refractivity contribution in [1.82, 2.24) is 15.0 Å². The molecule has 6 nitrogen and oxygen atoms in total. The zero-order valence-electron chi connectivity index (χ0n) is 12.6. The first kappa shape index (κ1) is 14.8. The average Bonchev–Trinajstić information content (AvgIpc) is 2.99. The number of nitrogens with one attached hydrogen (secondary N) is 1. The first-order chi connectivity index (χ1) is 11.3. The maximum Gasteiger partial charge on any atom is 0.260 e. The Bertz CT molecular complexity index is 837. The van der Waals surface area contributed by atoms with E-state index in [0.717, 1.165) is 22.3 Å². The van der Waals surface area contributed by atoms with Crippen LogP contribution in [-0.2, 0) is 11.3 Å². The predicted molar refractivity (Wildman–Crippen MR) is 88.5 cm³/mol. The molecule has 3 rings (SSSR count). The molecule has 0 fully saturated rings. The van der Waals surface area contributed by atoms with E-state index in [9.17, 15) is 4.79 Å². The monoisotopic (exact) mass is 308 g/mol. The standard InChI is InChI=1S/C17H16N4O2/c1-23-14-8-6-13(7-9-14)10-19-20-17(22)11-21-12-18-15-4-2-3-5-16(15)21/h2-10,12H,11H2,1H3,(H,20,22)/b19-10+. The maximum absolute atomic E-state index is 12.0. The Morgan fingerprint density at radius 2 is 2.04 bits per heavy atom. The van der Waals surface area contributed by atoms with Crippen molar-refractivity contribution in [2.45, 2.75) is 6.54 Å². The van der Waals surface area contributed by atoms with E-state index in [2.05, 4.69) is 15.5 Å². The van der Waals surface area contributed by atoms with E-state index in [0.29, 0.717) is 0 Å². The molecular formula is C17H16N4O2. The summed E-state index contributed by atoms with van der Waals surface area (Å²) in [5.74, 6) is 0.566. The van der Waals surface area contributed by atoms with Gasteiger partial charge in [-0.05, 0) is 42.0 Å². The molecule has 1 aromatic heterocycles. The number of hydrogen-bond donors (Lipinski definition) is 1. The molecule has 3 aromatic rings. The molecule has 1 heterocycles. The van der Waals surface area contributed by atoms with Crippen molar-refractivity contribution in [1.29, 1.82) is 0 Å². The highest BCUT2D eigenvalue weighted by Crippen LogP contribution is 2.11. The fraction of sp³-hybridized carbons (Fsp3) is 0.118. The number of para-hydroxylation sites is 2. The number of amides is 1. The number of nitrogens with zero attached hydrogens (tertiary/aromatic N) is 3. The highest BCUT2D eigenvalue weighted by molar-refractivity contribution is 5.83. The van der Waals surface area contributed by atoms with Gasteiger partial charge in [-0.2, -0.15) is 5.10 Å². The number of methoxy groups -OCH3 is 1. The zero-order valence-corrected chi connectivity index (χ0v) is 12.6. The minimum Gasteiger partial charge on any atom is -0.497 e. The van der Waals surface area contributed by atoms with Gasteiger partial charge in [0, 0.05) is 0 Å². The zero-order chi connectivity index (χ0) is 16.1. The van der Waals surface area contributed by atoms with Crippen molar-refractivity contribution >= 4 is 23.2 Å². The summed E-state index contributed by atoms with van der Waals surface area (Å²) in [7, 11) is 1.61. The third-order valence-corrected chi connectivity index (χ3v) is 3.36. The summed E-state index contributed by atoms with van der Waals surface area (Å²) in [6.07, 6.45) is 3.24. The molecule has 0 saturated heterocycles. The lowest BCUT2D eigenvalue weighted by Crippen LogP contribution is -2.22. The van der Waals surface area contributed by atoms with Crippen LogP contribution in [-0.4, -0.2) is 28.8 Å². The van der Waals surface area contributed by atoms with Crippen molar-refractivity contribution < 1.29 is 9.53 Å². The van der Waals surface area contributed by atoms with Crippen LogP contribution in [0.1, 0.15) is 5.56 Å². The minimum absolute atomic E-state index is 0.167. The van der Waals surface area contributed by atoms with Gasteiger partial charge in [-0.1, -0.05) is 12.1 Å². The molecule has 1 amide bonds. The summed E-state index contributed by atoms with van der Waals surface area (Å²) in [5, 5.41) is 3.96. The molecule has 6 heteroatoms. The number of ether oxygens (including phenoxy) is 1. The Kier molecular flexibility index (Phi) is 4.33. The number of hydrogen-bond acceptors (Lipinski definition) is 4. The summed E-state index contributed by atoms with van der Waals surface area (Å²) in [4.78, 5) is 16.2. The van der Waals surface area contributed by atoms with Crippen molar-refractivity contribution in [3.05, 3.63) is 60.4 Å².